The third-order valence-electron chi connectivity index (χ3n) is 7.34. The van der Waals surface area contributed by atoms with Crippen LogP contribution < -0.4 is 16.0 Å². The predicted molar refractivity (Wildman–Crippen MR) is 176 cm³/mol. The topological polar surface area (TPSA) is 140 Å². The lowest BCUT2D eigenvalue weighted by atomic mass is 10.0. The first-order valence-electron chi connectivity index (χ1n) is 16.1. The summed E-state index contributed by atoms with van der Waals surface area (Å²) in [6.45, 7) is 10.7. The van der Waals surface area contributed by atoms with Crippen molar-refractivity contribution in [3.63, 3.8) is 0 Å². The number of H-pyrrole nitrogens is 1. The fourth-order valence-corrected chi connectivity index (χ4v) is 4.46. The molecule has 244 valence electrons. The third kappa shape index (κ3) is 14.5. The molecule has 0 saturated carbocycles. The van der Waals surface area contributed by atoms with E-state index in [0.717, 1.165) is 25.7 Å². The summed E-state index contributed by atoms with van der Waals surface area (Å²) < 4.78 is 0. The van der Waals surface area contributed by atoms with Crippen molar-refractivity contribution in [2.45, 2.75) is 105 Å². The number of nitrogens with zero attached hydrogens (tertiary/aromatic N) is 1. The van der Waals surface area contributed by atoms with E-state index in [1.54, 1.807) is 4.90 Å². The number of aromatic amines is 1. The molecule has 2 aliphatic rings. The molecule has 0 aliphatic carbocycles. The summed E-state index contributed by atoms with van der Waals surface area (Å²) in [5, 5.41) is 8.80. The van der Waals surface area contributed by atoms with E-state index in [2.05, 4.69) is 66.8 Å². The monoisotopic (exact) mass is 611 g/mol. The minimum Gasteiger partial charge on any atom is -0.361 e. The molecule has 4 N–H and O–H groups in total. The van der Waals surface area contributed by atoms with Gasteiger partial charge in [0, 0.05) is 36.5 Å². The molecule has 1 aromatic heterocycles. The van der Waals surface area contributed by atoms with E-state index in [0.29, 0.717) is 25.2 Å². The molecule has 2 aliphatic heterocycles. The first-order valence-corrected chi connectivity index (χ1v) is 16.1. The molecule has 1 atom stereocenters. The van der Waals surface area contributed by atoms with Crippen LogP contribution in [0.5, 0.6) is 0 Å². The quantitative estimate of drug-likeness (QED) is 0.275. The molecule has 1 unspecified atom stereocenters. The van der Waals surface area contributed by atoms with Gasteiger partial charge in [-0.05, 0) is 44.2 Å². The molecule has 2 saturated heterocycles. The van der Waals surface area contributed by atoms with Gasteiger partial charge in [-0.15, -0.1) is 0 Å². The average Bonchev–Trinajstić information content (AvgIpc) is 3.43. The number of unbranched alkanes of at least 4 members (excludes halogenated alkanes) is 3. The zero-order valence-corrected chi connectivity index (χ0v) is 27.4. The Balaban J connectivity index is 0.000000348. The lowest BCUT2D eigenvalue weighted by molar-refractivity contribution is -0.130. The van der Waals surface area contributed by atoms with E-state index < -0.39 is 17.9 Å². The molecular weight excluding hydrogens is 558 g/mol. The van der Waals surface area contributed by atoms with E-state index in [1.807, 2.05) is 25.1 Å². The van der Waals surface area contributed by atoms with Gasteiger partial charge in [-0.3, -0.25) is 19.2 Å². The lowest BCUT2D eigenvalue weighted by Crippen LogP contribution is -2.53. The Labute approximate surface area is 262 Å². The van der Waals surface area contributed by atoms with E-state index in [4.69, 9.17) is 0 Å². The van der Waals surface area contributed by atoms with Crippen LogP contribution in [0.1, 0.15) is 97.5 Å². The van der Waals surface area contributed by atoms with E-state index in [-0.39, 0.29) is 31.2 Å². The smallest absolute Gasteiger partial charge is 0.243 e. The summed E-state index contributed by atoms with van der Waals surface area (Å²) in [6, 6.07) is 7.81. The van der Waals surface area contributed by atoms with Gasteiger partial charge < -0.3 is 25.8 Å². The zero-order chi connectivity index (χ0) is 32.7. The molecule has 2 aromatic rings. The van der Waals surface area contributed by atoms with E-state index >= 15 is 0 Å². The molecule has 3 heterocycles. The van der Waals surface area contributed by atoms with Gasteiger partial charge in [0.25, 0.3) is 0 Å². The predicted octanol–water partition coefficient (Wildman–Crippen LogP) is 4.75. The normalized spacial score (nSPS) is 16.8. The molecular formula is C34H53N5O5. The molecule has 0 spiro atoms. The van der Waals surface area contributed by atoms with Gasteiger partial charge in [-0.2, -0.15) is 0 Å². The highest BCUT2D eigenvalue weighted by Gasteiger charge is 2.31. The van der Waals surface area contributed by atoms with Crippen molar-refractivity contribution in [2.24, 2.45) is 0 Å². The number of aromatic nitrogens is 1. The SMILES string of the molecule is CCCC.CCCCCC(=O)CC.Cc1c[nH]c2ccccc12.O=C=C1CNC(=O)CNC(=O)CNC(=O)C2CCCCN12. The van der Waals surface area contributed by atoms with Crippen molar-refractivity contribution in [2.75, 3.05) is 26.2 Å². The fraction of sp³-hybridized carbons (Fsp3) is 0.588. The minimum absolute atomic E-state index is 0.00197. The third-order valence-corrected chi connectivity index (χ3v) is 7.34. The number of benzene rings is 1. The second kappa shape index (κ2) is 22.6. The number of hydrogen-bond donors (Lipinski definition) is 4. The molecule has 4 rings (SSSR count). The lowest BCUT2D eigenvalue weighted by Gasteiger charge is -2.36. The number of para-hydroxylation sites is 1. The number of piperidine rings is 1. The Bertz CT molecular complexity index is 1220. The number of carbonyl (C=O) groups is 4. The molecule has 1 aromatic carbocycles. The molecule has 0 radical (unpaired) electrons. The molecule has 10 heteroatoms. The van der Waals surface area contributed by atoms with Crippen LogP contribution in [0.3, 0.4) is 0 Å². The molecule has 0 bridgehead atoms. The fourth-order valence-electron chi connectivity index (χ4n) is 4.46. The second-order valence-electron chi connectivity index (χ2n) is 10.9. The highest BCUT2D eigenvalue weighted by atomic mass is 16.2. The van der Waals surface area contributed by atoms with Crippen molar-refractivity contribution < 1.29 is 24.0 Å². The summed E-state index contributed by atoms with van der Waals surface area (Å²) in [6.07, 6.45) is 12.0. The van der Waals surface area contributed by atoms with Crippen molar-refractivity contribution in [1.82, 2.24) is 25.8 Å². The molecule has 10 nitrogen and oxygen atoms in total. The standard InChI is InChI=1S/C13H18N4O4.C9H9N.C8H16O.C4H10/c18-8-9-5-14-11(19)6-15-12(20)7-16-13(21)10-3-1-2-4-17(9)10;1-7-6-10-9-5-3-2-4-8(7)9;1-3-5-6-7-8(9)4-2;1-3-4-2/h10H,1-7H2,(H,14,19)(H,15,20)(H,16,21);2-6,10H,1H3;3-7H2,1-2H3;3-4H2,1-2H3. The van der Waals surface area contributed by atoms with Crippen LogP contribution in [-0.4, -0.2) is 71.6 Å². The summed E-state index contributed by atoms with van der Waals surface area (Å²) >= 11 is 0. The van der Waals surface area contributed by atoms with Crippen molar-refractivity contribution in [3.8, 4) is 0 Å². The van der Waals surface area contributed by atoms with Crippen LogP contribution in [0.25, 0.3) is 10.9 Å². The van der Waals surface area contributed by atoms with E-state index in [1.165, 1.54) is 42.1 Å². The summed E-state index contributed by atoms with van der Waals surface area (Å²) in [4.78, 5) is 61.9. The number of carbonyl (C=O) groups excluding carboxylic acids is 5. The number of ketones is 1. The van der Waals surface area contributed by atoms with Gasteiger partial charge in [-0.1, -0.05) is 71.6 Å². The minimum atomic E-state index is -0.501. The van der Waals surface area contributed by atoms with Gasteiger partial charge in [0.2, 0.25) is 17.7 Å². The van der Waals surface area contributed by atoms with Crippen LogP contribution >= 0.6 is 0 Å². The van der Waals surface area contributed by atoms with Gasteiger partial charge in [-0.25, -0.2) is 4.79 Å². The maximum Gasteiger partial charge on any atom is 0.243 e. The van der Waals surface area contributed by atoms with Crippen LogP contribution in [0, 0.1) is 6.92 Å². The Morgan fingerprint density at radius 1 is 0.886 bits per heavy atom. The van der Waals surface area contributed by atoms with Crippen molar-refractivity contribution >= 4 is 40.3 Å². The van der Waals surface area contributed by atoms with Crippen molar-refractivity contribution in [3.05, 3.63) is 41.7 Å². The summed E-state index contributed by atoms with van der Waals surface area (Å²) in [7, 11) is 0. The van der Waals surface area contributed by atoms with Crippen LogP contribution in [-0.2, 0) is 24.0 Å². The number of Topliss-reactive ketones (excluding diaryl/α,β-unsaturated/α-hetero) is 1. The molecule has 2 fully saturated rings. The maximum absolute atomic E-state index is 12.2. The number of aryl methyl sites for hydroxylation is 1. The average molecular weight is 612 g/mol. The summed E-state index contributed by atoms with van der Waals surface area (Å²) in [5.74, 6) is 1.12. The summed E-state index contributed by atoms with van der Waals surface area (Å²) in [5.41, 5.74) is 2.80. The number of amides is 3. The Morgan fingerprint density at radius 3 is 2.16 bits per heavy atom. The van der Waals surface area contributed by atoms with Gasteiger partial charge >= 0.3 is 0 Å². The number of fused-ring (bicyclic) bond motifs is 2. The van der Waals surface area contributed by atoms with Crippen LogP contribution in [0.2, 0.25) is 0 Å². The Kier molecular flexibility index (Phi) is 19.6. The van der Waals surface area contributed by atoms with Crippen LogP contribution in [0.4, 0.5) is 0 Å². The highest BCUT2D eigenvalue weighted by Crippen LogP contribution is 2.20. The Hall–Kier alpha value is -3.91. The van der Waals surface area contributed by atoms with Crippen molar-refractivity contribution in [1.29, 1.82) is 0 Å². The van der Waals surface area contributed by atoms with E-state index in [9.17, 15) is 24.0 Å². The highest BCUT2D eigenvalue weighted by molar-refractivity contribution is 5.90. The number of rotatable bonds is 6. The van der Waals surface area contributed by atoms with Gasteiger partial charge in [0.05, 0.1) is 19.6 Å². The van der Waals surface area contributed by atoms with Gasteiger partial charge in [0.15, 0.2) is 0 Å². The Morgan fingerprint density at radius 2 is 1.55 bits per heavy atom. The maximum atomic E-state index is 12.2. The first-order chi connectivity index (χ1) is 21.2. The zero-order valence-electron chi connectivity index (χ0n) is 27.4. The molecule has 44 heavy (non-hydrogen) atoms. The first kappa shape index (κ1) is 38.1. The largest absolute Gasteiger partial charge is 0.361 e. The molecule has 3 amide bonds. The number of nitrogens with one attached hydrogen (secondary N) is 4. The van der Waals surface area contributed by atoms with Gasteiger partial charge in [0.1, 0.15) is 23.5 Å². The van der Waals surface area contributed by atoms with Crippen LogP contribution in [0.15, 0.2) is 36.2 Å². The second-order valence-corrected chi connectivity index (χ2v) is 10.9. The number of hydrogen-bond acceptors (Lipinski definition) is 6.